The SMILES string of the molecule is CCCCCCCCCCCCC(CCCCCCCC(=O)O)OC(=O)CCC. The second kappa shape index (κ2) is 21.6. The van der Waals surface area contributed by atoms with Crippen molar-refractivity contribution in [3.63, 3.8) is 0 Å². The van der Waals surface area contributed by atoms with Crippen LogP contribution < -0.4 is 0 Å². The van der Waals surface area contributed by atoms with Crippen LogP contribution in [0.2, 0.25) is 0 Å². The number of carbonyl (C=O) groups excluding carboxylic acids is 1. The fraction of sp³-hybridized carbons (Fsp3) is 0.920. The van der Waals surface area contributed by atoms with Gasteiger partial charge in [-0.3, -0.25) is 9.59 Å². The highest BCUT2D eigenvalue weighted by Gasteiger charge is 2.13. The molecular weight excluding hydrogens is 364 g/mol. The number of carboxylic acids is 1. The molecule has 172 valence electrons. The molecule has 1 unspecified atom stereocenters. The molecule has 0 bridgehead atoms. The van der Waals surface area contributed by atoms with Crippen molar-refractivity contribution in [2.75, 3.05) is 0 Å². The maximum Gasteiger partial charge on any atom is 0.306 e. The first kappa shape index (κ1) is 27.9. The Bertz CT molecular complexity index is 381. The summed E-state index contributed by atoms with van der Waals surface area (Å²) in [5.41, 5.74) is 0. The molecular formula is C25H48O4. The van der Waals surface area contributed by atoms with Crippen LogP contribution in [0.1, 0.15) is 142 Å². The van der Waals surface area contributed by atoms with Crippen molar-refractivity contribution >= 4 is 11.9 Å². The molecule has 0 aromatic heterocycles. The fourth-order valence-corrected chi connectivity index (χ4v) is 3.75. The molecule has 1 N–H and O–H groups in total. The predicted octanol–water partition coefficient (Wildman–Crippen LogP) is 7.82. The van der Waals surface area contributed by atoms with E-state index in [2.05, 4.69) is 6.92 Å². The Hall–Kier alpha value is -1.06. The molecule has 0 saturated heterocycles. The van der Waals surface area contributed by atoms with Crippen molar-refractivity contribution in [1.29, 1.82) is 0 Å². The molecule has 0 saturated carbocycles. The average molecular weight is 413 g/mol. The zero-order chi connectivity index (χ0) is 21.6. The molecule has 4 nitrogen and oxygen atoms in total. The van der Waals surface area contributed by atoms with Gasteiger partial charge in [0, 0.05) is 12.8 Å². The third-order valence-corrected chi connectivity index (χ3v) is 5.55. The van der Waals surface area contributed by atoms with Crippen LogP contribution >= 0.6 is 0 Å². The molecule has 0 spiro atoms. The first-order valence-corrected chi connectivity index (χ1v) is 12.5. The summed E-state index contributed by atoms with van der Waals surface area (Å²) in [5, 5.41) is 8.66. The van der Waals surface area contributed by atoms with Gasteiger partial charge in [0.1, 0.15) is 6.10 Å². The molecule has 0 aliphatic heterocycles. The summed E-state index contributed by atoms with van der Waals surface area (Å²) in [7, 11) is 0. The molecule has 0 fully saturated rings. The summed E-state index contributed by atoms with van der Waals surface area (Å²) in [6, 6.07) is 0. The lowest BCUT2D eigenvalue weighted by Crippen LogP contribution is -2.18. The largest absolute Gasteiger partial charge is 0.481 e. The van der Waals surface area contributed by atoms with E-state index in [0.717, 1.165) is 57.8 Å². The van der Waals surface area contributed by atoms with Gasteiger partial charge in [0.25, 0.3) is 0 Å². The summed E-state index contributed by atoms with van der Waals surface area (Å²) in [4.78, 5) is 22.4. The summed E-state index contributed by atoms with van der Waals surface area (Å²) < 4.78 is 5.72. The van der Waals surface area contributed by atoms with Crippen molar-refractivity contribution in [3.05, 3.63) is 0 Å². The van der Waals surface area contributed by atoms with Gasteiger partial charge >= 0.3 is 11.9 Å². The number of hydrogen-bond donors (Lipinski definition) is 1. The van der Waals surface area contributed by atoms with E-state index >= 15 is 0 Å². The lowest BCUT2D eigenvalue weighted by molar-refractivity contribution is -0.150. The number of hydrogen-bond acceptors (Lipinski definition) is 3. The first-order chi connectivity index (χ1) is 14.1. The highest BCUT2D eigenvalue weighted by atomic mass is 16.5. The van der Waals surface area contributed by atoms with E-state index in [4.69, 9.17) is 9.84 Å². The van der Waals surface area contributed by atoms with Crippen LogP contribution in [0.4, 0.5) is 0 Å². The van der Waals surface area contributed by atoms with Crippen LogP contribution in [0.15, 0.2) is 0 Å². The van der Waals surface area contributed by atoms with E-state index in [1.54, 1.807) is 0 Å². The molecule has 0 aromatic carbocycles. The van der Waals surface area contributed by atoms with Gasteiger partial charge in [-0.15, -0.1) is 0 Å². The number of carbonyl (C=O) groups is 2. The van der Waals surface area contributed by atoms with E-state index in [1.165, 1.54) is 57.8 Å². The van der Waals surface area contributed by atoms with Crippen LogP contribution in [0.5, 0.6) is 0 Å². The maximum absolute atomic E-state index is 11.9. The second-order valence-electron chi connectivity index (χ2n) is 8.53. The molecule has 0 rings (SSSR count). The minimum absolute atomic E-state index is 0.0500. The highest BCUT2D eigenvalue weighted by molar-refractivity contribution is 5.69. The van der Waals surface area contributed by atoms with Gasteiger partial charge in [0.2, 0.25) is 0 Å². The zero-order valence-electron chi connectivity index (χ0n) is 19.4. The van der Waals surface area contributed by atoms with Gasteiger partial charge in [-0.05, 0) is 38.5 Å². The number of unbranched alkanes of at least 4 members (excludes halogenated alkanes) is 13. The van der Waals surface area contributed by atoms with E-state index in [9.17, 15) is 9.59 Å². The number of esters is 1. The topological polar surface area (TPSA) is 63.6 Å². The molecule has 4 heteroatoms. The quantitative estimate of drug-likeness (QED) is 0.145. The minimum Gasteiger partial charge on any atom is -0.481 e. The van der Waals surface area contributed by atoms with Gasteiger partial charge in [-0.2, -0.15) is 0 Å². The first-order valence-electron chi connectivity index (χ1n) is 12.5. The Labute approximate surface area is 180 Å². The predicted molar refractivity (Wildman–Crippen MR) is 121 cm³/mol. The van der Waals surface area contributed by atoms with Crippen molar-refractivity contribution in [3.8, 4) is 0 Å². The van der Waals surface area contributed by atoms with Gasteiger partial charge < -0.3 is 9.84 Å². The number of rotatable bonds is 22. The number of carboxylic acid groups (broad SMARTS) is 1. The smallest absolute Gasteiger partial charge is 0.306 e. The molecule has 0 heterocycles. The van der Waals surface area contributed by atoms with Crippen LogP contribution in [0.3, 0.4) is 0 Å². The Morgan fingerprint density at radius 3 is 1.52 bits per heavy atom. The molecule has 29 heavy (non-hydrogen) atoms. The normalized spacial score (nSPS) is 12.1. The minimum atomic E-state index is -0.704. The van der Waals surface area contributed by atoms with E-state index in [1.807, 2.05) is 6.92 Å². The van der Waals surface area contributed by atoms with E-state index in [-0.39, 0.29) is 18.5 Å². The number of aliphatic carboxylic acids is 1. The Morgan fingerprint density at radius 2 is 1.07 bits per heavy atom. The molecule has 0 aliphatic rings. The Balaban J connectivity index is 3.82. The third-order valence-electron chi connectivity index (χ3n) is 5.55. The third kappa shape index (κ3) is 21.5. The zero-order valence-corrected chi connectivity index (χ0v) is 19.4. The Morgan fingerprint density at radius 1 is 0.621 bits per heavy atom. The van der Waals surface area contributed by atoms with E-state index < -0.39 is 5.97 Å². The standard InChI is InChI=1S/C25H48O4/c1-3-5-6-7-8-9-10-11-13-16-20-23(29-25(28)19-4-2)21-17-14-12-15-18-22-24(26)27/h23H,3-22H2,1-2H3,(H,26,27). The second-order valence-corrected chi connectivity index (χ2v) is 8.53. The molecule has 0 aliphatic carbocycles. The van der Waals surface area contributed by atoms with Gasteiger partial charge in [-0.1, -0.05) is 90.9 Å². The Kier molecular flexibility index (Phi) is 20.9. The molecule has 0 aromatic rings. The van der Waals surface area contributed by atoms with Crippen LogP contribution in [0.25, 0.3) is 0 Å². The van der Waals surface area contributed by atoms with Crippen molar-refractivity contribution in [2.24, 2.45) is 0 Å². The van der Waals surface area contributed by atoms with Crippen LogP contribution in [0, 0.1) is 0 Å². The van der Waals surface area contributed by atoms with E-state index in [0.29, 0.717) is 6.42 Å². The molecule has 0 radical (unpaired) electrons. The summed E-state index contributed by atoms with van der Waals surface area (Å²) in [5.74, 6) is -0.754. The van der Waals surface area contributed by atoms with Gasteiger partial charge in [0.15, 0.2) is 0 Å². The maximum atomic E-state index is 11.9. The fourth-order valence-electron chi connectivity index (χ4n) is 3.75. The summed E-state index contributed by atoms with van der Waals surface area (Å²) >= 11 is 0. The molecule has 0 amide bonds. The van der Waals surface area contributed by atoms with Crippen LogP contribution in [-0.4, -0.2) is 23.1 Å². The summed E-state index contributed by atoms with van der Waals surface area (Å²) in [6.07, 6.45) is 21.9. The van der Waals surface area contributed by atoms with Crippen molar-refractivity contribution < 1.29 is 19.4 Å². The summed E-state index contributed by atoms with van der Waals surface area (Å²) in [6.45, 7) is 4.27. The van der Waals surface area contributed by atoms with Gasteiger partial charge in [-0.25, -0.2) is 0 Å². The van der Waals surface area contributed by atoms with Gasteiger partial charge in [0.05, 0.1) is 0 Å². The number of ether oxygens (including phenoxy) is 1. The molecule has 1 atom stereocenters. The lowest BCUT2D eigenvalue weighted by Gasteiger charge is -2.18. The van der Waals surface area contributed by atoms with Crippen LogP contribution in [-0.2, 0) is 14.3 Å². The monoisotopic (exact) mass is 412 g/mol. The average Bonchev–Trinajstić information content (AvgIpc) is 2.68. The van der Waals surface area contributed by atoms with Crippen molar-refractivity contribution in [2.45, 2.75) is 148 Å². The highest BCUT2D eigenvalue weighted by Crippen LogP contribution is 2.18. The lowest BCUT2D eigenvalue weighted by atomic mass is 10.0. The van der Waals surface area contributed by atoms with Crippen molar-refractivity contribution in [1.82, 2.24) is 0 Å².